The Morgan fingerprint density at radius 2 is 1.78 bits per heavy atom. The molecule has 0 heterocycles. The Bertz CT molecular complexity index is 428. The number of hydroxylamine groups is 1. The third-order valence-corrected chi connectivity index (χ3v) is 3.70. The average Bonchev–Trinajstić information content (AvgIpc) is 2.41. The van der Waals surface area contributed by atoms with Crippen molar-refractivity contribution in [1.82, 2.24) is 0 Å². The number of hydrogen-bond acceptors (Lipinski definition) is 1. The monoisotopic (exact) mass is 243 g/mol. The predicted molar refractivity (Wildman–Crippen MR) is 75.9 cm³/mol. The van der Waals surface area contributed by atoms with E-state index in [0.717, 1.165) is 31.2 Å². The fourth-order valence-corrected chi connectivity index (χ4v) is 2.74. The zero-order chi connectivity index (χ0) is 12.8. The standard InChI is InChI=1S/C16H21NO/c1-2-11-16(12-7-4-8-13-16)17(18)14-15-9-5-3-6-10-15/h2-3,5-6,9-11,14H,4,7-8,12-13H2,1H3/b11-2+,17-14+. The highest BCUT2D eigenvalue weighted by Gasteiger charge is 2.36. The average molecular weight is 243 g/mol. The molecule has 0 aliphatic heterocycles. The molecule has 0 atom stereocenters. The Hall–Kier alpha value is -1.57. The summed E-state index contributed by atoms with van der Waals surface area (Å²) in [6.45, 7) is 1.99. The van der Waals surface area contributed by atoms with Gasteiger partial charge in [-0.25, -0.2) is 4.74 Å². The van der Waals surface area contributed by atoms with Gasteiger partial charge in [-0.2, -0.15) is 0 Å². The molecule has 1 aromatic carbocycles. The lowest BCUT2D eigenvalue weighted by molar-refractivity contribution is -0.535. The normalized spacial score (nSPS) is 20.2. The van der Waals surface area contributed by atoms with Crippen molar-refractivity contribution in [3.63, 3.8) is 0 Å². The summed E-state index contributed by atoms with van der Waals surface area (Å²) in [5, 5.41) is 12.5. The summed E-state index contributed by atoms with van der Waals surface area (Å²) in [6.07, 6.45) is 11.3. The van der Waals surface area contributed by atoms with Gasteiger partial charge in [0, 0.05) is 18.4 Å². The third kappa shape index (κ3) is 2.81. The molecule has 0 radical (unpaired) electrons. The quantitative estimate of drug-likeness (QED) is 0.260. The highest BCUT2D eigenvalue weighted by molar-refractivity contribution is 5.75. The topological polar surface area (TPSA) is 26.1 Å². The van der Waals surface area contributed by atoms with Gasteiger partial charge in [-0.15, -0.1) is 0 Å². The first-order valence-electron chi connectivity index (χ1n) is 6.77. The number of allylic oxidation sites excluding steroid dienone is 1. The molecular weight excluding hydrogens is 222 g/mol. The predicted octanol–water partition coefficient (Wildman–Crippen LogP) is 3.89. The van der Waals surface area contributed by atoms with Crippen molar-refractivity contribution in [2.75, 3.05) is 0 Å². The van der Waals surface area contributed by atoms with Gasteiger partial charge in [-0.1, -0.05) is 30.7 Å². The van der Waals surface area contributed by atoms with Crippen LogP contribution in [0.2, 0.25) is 0 Å². The molecule has 1 saturated carbocycles. The first kappa shape index (κ1) is 12.9. The van der Waals surface area contributed by atoms with Crippen molar-refractivity contribution < 1.29 is 4.74 Å². The van der Waals surface area contributed by atoms with Gasteiger partial charge in [0.2, 0.25) is 0 Å². The van der Waals surface area contributed by atoms with E-state index in [9.17, 15) is 5.21 Å². The third-order valence-electron chi connectivity index (χ3n) is 3.70. The first-order valence-corrected chi connectivity index (χ1v) is 6.77. The minimum atomic E-state index is -0.317. The van der Waals surface area contributed by atoms with E-state index in [1.807, 2.05) is 43.3 Å². The summed E-state index contributed by atoms with van der Waals surface area (Å²) in [6, 6.07) is 9.83. The van der Waals surface area contributed by atoms with Crippen molar-refractivity contribution in [3.05, 3.63) is 53.3 Å². The molecule has 0 amide bonds. The van der Waals surface area contributed by atoms with E-state index >= 15 is 0 Å². The Kier molecular flexibility index (Phi) is 4.19. The molecule has 0 spiro atoms. The Morgan fingerprint density at radius 1 is 1.11 bits per heavy atom. The van der Waals surface area contributed by atoms with Crippen molar-refractivity contribution in [2.45, 2.75) is 44.6 Å². The molecule has 1 aliphatic carbocycles. The number of hydrogen-bond donors (Lipinski definition) is 0. The van der Waals surface area contributed by atoms with E-state index in [1.54, 1.807) is 6.21 Å². The van der Waals surface area contributed by atoms with E-state index in [-0.39, 0.29) is 5.54 Å². The molecular formula is C16H21NO. The highest BCUT2D eigenvalue weighted by Crippen LogP contribution is 2.32. The molecule has 0 saturated heterocycles. The van der Waals surface area contributed by atoms with Crippen LogP contribution in [0.25, 0.3) is 0 Å². The second-order valence-corrected chi connectivity index (χ2v) is 5.03. The molecule has 2 nitrogen and oxygen atoms in total. The Morgan fingerprint density at radius 3 is 2.39 bits per heavy atom. The van der Waals surface area contributed by atoms with Gasteiger partial charge in [0.25, 0.3) is 0 Å². The van der Waals surface area contributed by atoms with Gasteiger partial charge in [0.15, 0.2) is 11.8 Å². The lowest BCUT2D eigenvalue weighted by Crippen LogP contribution is -2.40. The van der Waals surface area contributed by atoms with Gasteiger partial charge in [0.05, 0.1) is 0 Å². The number of rotatable bonds is 3. The largest absolute Gasteiger partial charge is 0.623 e. The fraction of sp³-hybridized carbons (Fsp3) is 0.438. The number of benzene rings is 1. The summed E-state index contributed by atoms with van der Waals surface area (Å²) in [4.78, 5) is 0. The van der Waals surface area contributed by atoms with Crippen LogP contribution in [0.1, 0.15) is 44.6 Å². The zero-order valence-electron chi connectivity index (χ0n) is 11.0. The van der Waals surface area contributed by atoms with E-state index in [4.69, 9.17) is 0 Å². The molecule has 0 bridgehead atoms. The summed E-state index contributed by atoms with van der Waals surface area (Å²) in [5.41, 5.74) is 0.657. The Balaban J connectivity index is 2.28. The van der Waals surface area contributed by atoms with E-state index < -0.39 is 0 Å². The second kappa shape index (κ2) is 5.85. The van der Waals surface area contributed by atoms with Crippen LogP contribution >= 0.6 is 0 Å². The van der Waals surface area contributed by atoms with Crippen LogP contribution in [0.4, 0.5) is 0 Å². The lowest BCUT2D eigenvalue weighted by Gasteiger charge is -2.32. The van der Waals surface area contributed by atoms with Crippen LogP contribution in [-0.4, -0.2) is 16.5 Å². The first-order chi connectivity index (χ1) is 8.77. The van der Waals surface area contributed by atoms with Crippen LogP contribution < -0.4 is 0 Å². The molecule has 1 aliphatic rings. The van der Waals surface area contributed by atoms with Crippen LogP contribution in [-0.2, 0) is 0 Å². The van der Waals surface area contributed by atoms with Crippen LogP contribution in [0.3, 0.4) is 0 Å². The molecule has 2 rings (SSSR count). The summed E-state index contributed by atoms with van der Waals surface area (Å²) < 4.78 is 1.17. The molecule has 2 heteroatoms. The van der Waals surface area contributed by atoms with Gasteiger partial charge < -0.3 is 5.21 Å². The number of nitrogens with zero attached hydrogens (tertiary/aromatic N) is 1. The minimum Gasteiger partial charge on any atom is -0.623 e. The van der Waals surface area contributed by atoms with Crippen LogP contribution in [0.5, 0.6) is 0 Å². The van der Waals surface area contributed by atoms with Crippen molar-refractivity contribution >= 4 is 6.21 Å². The second-order valence-electron chi connectivity index (χ2n) is 5.03. The Labute approximate surface area is 109 Å². The zero-order valence-corrected chi connectivity index (χ0v) is 11.0. The maximum absolute atomic E-state index is 12.5. The summed E-state index contributed by atoms with van der Waals surface area (Å²) in [5.74, 6) is 0. The highest BCUT2D eigenvalue weighted by atomic mass is 16.5. The smallest absolute Gasteiger partial charge is 0.191 e. The van der Waals surface area contributed by atoms with Gasteiger partial charge >= 0.3 is 0 Å². The van der Waals surface area contributed by atoms with Gasteiger partial charge in [-0.05, 0) is 38.0 Å². The van der Waals surface area contributed by atoms with E-state index in [0.29, 0.717) is 0 Å². The molecule has 0 unspecified atom stereocenters. The van der Waals surface area contributed by atoms with Crippen LogP contribution in [0, 0.1) is 5.21 Å². The molecule has 1 aromatic rings. The van der Waals surface area contributed by atoms with Gasteiger partial charge in [0.1, 0.15) is 0 Å². The van der Waals surface area contributed by atoms with Crippen LogP contribution in [0.15, 0.2) is 42.5 Å². The summed E-state index contributed by atoms with van der Waals surface area (Å²) in [7, 11) is 0. The molecule has 96 valence electrons. The molecule has 0 N–H and O–H groups in total. The maximum Gasteiger partial charge on any atom is 0.191 e. The molecule has 18 heavy (non-hydrogen) atoms. The SMILES string of the molecule is C/C=C/C1(/[N+]([O-])=C\c2ccccc2)CCCCC1. The maximum atomic E-state index is 12.5. The van der Waals surface area contributed by atoms with Gasteiger partial charge in [-0.3, -0.25) is 0 Å². The van der Waals surface area contributed by atoms with Crippen molar-refractivity contribution in [3.8, 4) is 0 Å². The molecule has 0 aromatic heterocycles. The summed E-state index contributed by atoms with van der Waals surface area (Å²) >= 11 is 0. The minimum absolute atomic E-state index is 0.317. The van der Waals surface area contributed by atoms with E-state index in [1.165, 1.54) is 11.2 Å². The lowest BCUT2D eigenvalue weighted by atomic mass is 9.81. The van der Waals surface area contributed by atoms with Crippen molar-refractivity contribution in [2.24, 2.45) is 0 Å². The fourth-order valence-electron chi connectivity index (χ4n) is 2.74. The molecule has 1 fully saturated rings. The van der Waals surface area contributed by atoms with Crippen molar-refractivity contribution in [1.29, 1.82) is 0 Å². The van der Waals surface area contributed by atoms with E-state index in [2.05, 4.69) is 6.08 Å².